The fourth-order valence-electron chi connectivity index (χ4n) is 1.46. The maximum Gasteiger partial charge on any atom is 0.513 e. The molecule has 0 saturated heterocycles. The molecule has 0 bridgehead atoms. The molecule has 98 valence electrons. The van der Waals surface area contributed by atoms with Gasteiger partial charge in [-0.15, -0.1) is 0 Å². The van der Waals surface area contributed by atoms with Crippen LogP contribution in [0.4, 0.5) is 10.7 Å². The number of ether oxygens (including phenoxy) is 2. The molecule has 0 radical (unpaired) electrons. The van der Waals surface area contributed by atoms with Gasteiger partial charge in [0.05, 0.1) is 19.0 Å². The number of nitrogens with zero attached hydrogens (tertiary/aromatic N) is 3. The molecule has 0 amide bonds. The van der Waals surface area contributed by atoms with E-state index in [1.165, 1.54) is 13.3 Å². The average molecular weight is 260 g/mol. The Morgan fingerprint density at radius 1 is 1.37 bits per heavy atom. The van der Waals surface area contributed by atoms with Gasteiger partial charge in [0.15, 0.2) is 5.75 Å². The molecule has 7 nitrogen and oxygen atoms in total. The molecule has 0 spiro atoms. The van der Waals surface area contributed by atoms with Crippen LogP contribution >= 0.6 is 0 Å². The van der Waals surface area contributed by atoms with E-state index in [0.29, 0.717) is 12.1 Å². The number of pyridine rings is 1. The summed E-state index contributed by atoms with van der Waals surface area (Å²) < 4.78 is 9.40. The van der Waals surface area contributed by atoms with E-state index in [9.17, 15) is 4.79 Å². The van der Waals surface area contributed by atoms with Crippen LogP contribution in [0.1, 0.15) is 11.3 Å². The lowest BCUT2D eigenvalue weighted by atomic mass is 10.1. The fraction of sp³-hybridized carbons (Fsp3) is 0.167. The predicted molar refractivity (Wildman–Crippen MR) is 66.5 cm³/mol. The lowest BCUT2D eigenvalue weighted by Gasteiger charge is -2.08. The first-order valence-electron chi connectivity index (χ1n) is 5.45. The highest BCUT2D eigenvalue weighted by Crippen LogP contribution is 2.19. The lowest BCUT2D eigenvalue weighted by molar-refractivity contribution is 0.120. The van der Waals surface area contributed by atoms with Crippen molar-refractivity contribution in [3.05, 3.63) is 42.0 Å². The molecule has 2 N–H and O–H groups in total. The van der Waals surface area contributed by atoms with Crippen LogP contribution in [0.25, 0.3) is 0 Å². The summed E-state index contributed by atoms with van der Waals surface area (Å²) in [5.74, 6) is 0.333. The molecule has 2 aromatic heterocycles. The maximum absolute atomic E-state index is 11.1. The number of carbonyl (C=O) groups excluding carboxylic acids is 1. The van der Waals surface area contributed by atoms with Crippen LogP contribution in [0.15, 0.2) is 30.7 Å². The Bertz CT molecular complexity index is 574. The van der Waals surface area contributed by atoms with Crippen LogP contribution in [0.2, 0.25) is 0 Å². The molecule has 0 aliphatic heterocycles. The largest absolute Gasteiger partial charge is 0.513 e. The van der Waals surface area contributed by atoms with Crippen molar-refractivity contribution >= 4 is 12.1 Å². The number of nitrogens with two attached hydrogens (primary N) is 1. The Morgan fingerprint density at radius 3 is 2.79 bits per heavy atom. The summed E-state index contributed by atoms with van der Waals surface area (Å²) in [5, 5.41) is 0. The number of methoxy groups -OCH3 is 1. The van der Waals surface area contributed by atoms with Crippen molar-refractivity contribution in [2.75, 3.05) is 12.8 Å². The van der Waals surface area contributed by atoms with Gasteiger partial charge in [0.1, 0.15) is 0 Å². The summed E-state index contributed by atoms with van der Waals surface area (Å²) in [6, 6.07) is 3.67. The SMILES string of the molecule is COC(=O)Oc1cnc(N)nc1Cc1ccncc1. The lowest BCUT2D eigenvalue weighted by Crippen LogP contribution is -2.11. The second-order valence-corrected chi connectivity index (χ2v) is 3.63. The molecule has 0 aromatic carbocycles. The first-order valence-corrected chi connectivity index (χ1v) is 5.45. The van der Waals surface area contributed by atoms with Crippen LogP contribution in [0.3, 0.4) is 0 Å². The first kappa shape index (κ1) is 12.7. The van der Waals surface area contributed by atoms with Gasteiger partial charge in [-0.2, -0.15) is 0 Å². The molecular weight excluding hydrogens is 248 g/mol. The number of rotatable bonds is 3. The molecule has 2 rings (SSSR count). The smallest absolute Gasteiger partial charge is 0.437 e. The summed E-state index contributed by atoms with van der Waals surface area (Å²) in [4.78, 5) is 22.9. The zero-order chi connectivity index (χ0) is 13.7. The summed E-state index contributed by atoms with van der Waals surface area (Å²) in [5.41, 5.74) is 7.00. The molecule has 0 saturated carbocycles. The Balaban J connectivity index is 2.27. The molecule has 7 heteroatoms. The number of carbonyl (C=O) groups is 1. The Kier molecular flexibility index (Phi) is 3.87. The van der Waals surface area contributed by atoms with Gasteiger partial charge in [-0.05, 0) is 17.7 Å². The third kappa shape index (κ3) is 3.38. The van der Waals surface area contributed by atoms with Gasteiger partial charge in [0.2, 0.25) is 5.95 Å². The van der Waals surface area contributed by atoms with Crippen LogP contribution < -0.4 is 10.5 Å². The van der Waals surface area contributed by atoms with Gasteiger partial charge in [-0.25, -0.2) is 14.8 Å². The van der Waals surface area contributed by atoms with E-state index < -0.39 is 6.16 Å². The summed E-state index contributed by atoms with van der Waals surface area (Å²) in [6.07, 6.45) is 4.29. The van der Waals surface area contributed by atoms with Crippen LogP contribution in [0, 0.1) is 0 Å². The summed E-state index contributed by atoms with van der Waals surface area (Å²) in [6.45, 7) is 0. The summed E-state index contributed by atoms with van der Waals surface area (Å²) in [7, 11) is 1.23. The molecule has 0 atom stereocenters. The van der Waals surface area contributed by atoms with Gasteiger partial charge in [-0.3, -0.25) is 4.98 Å². The van der Waals surface area contributed by atoms with Gasteiger partial charge in [-0.1, -0.05) is 0 Å². The number of hydrogen-bond acceptors (Lipinski definition) is 7. The van der Waals surface area contributed by atoms with E-state index in [0.717, 1.165) is 5.56 Å². The second kappa shape index (κ2) is 5.76. The third-order valence-electron chi connectivity index (χ3n) is 2.33. The minimum atomic E-state index is -0.829. The van der Waals surface area contributed by atoms with Crippen molar-refractivity contribution in [2.45, 2.75) is 6.42 Å². The van der Waals surface area contributed by atoms with Gasteiger partial charge in [0, 0.05) is 18.8 Å². The number of anilines is 1. The van der Waals surface area contributed by atoms with E-state index in [1.807, 2.05) is 12.1 Å². The van der Waals surface area contributed by atoms with Crippen LogP contribution in [0.5, 0.6) is 5.75 Å². The van der Waals surface area contributed by atoms with Crippen molar-refractivity contribution < 1.29 is 14.3 Å². The molecular formula is C12H12N4O3. The first-order chi connectivity index (χ1) is 9.19. The number of hydrogen-bond donors (Lipinski definition) is 1. The predicted octanol–water partition coefficient (Wildman–Crippen LogP) is 1.19. The van der Waals surface area contributed by atoms with E-state index in [4.69, 9.17) is 10.5 Å². The molecule has 0 unspecified atom stereocenters. The highest BCUT2D eigenvalue weighted by atomic mass is 16.7. The minimum Gasteiger partial charge on any atom is -0.437 e. The van der Waals surface area contributed by atoms with E-state index >= 15 is 0 Å². The zero-order valence-electron chi connectivity index (χ0n) is 10.2. The molecule has 0 aliphatic carbocycles. The van der Waals surface area contributed by atoms with Gasteiger partial charge in [0.25, 0.3) is 0 Å². The van der Waals surface area contributed by atoms with Crippen molar-refractivity contribution in [1.29, 1.82) is 0 Å². The topological polar surface area (TPSA) is 100 Å². The normalized spacial score (nSPS) is 9.95. The maximum atomic E-state index is 11.1. The summed E-state index contributed by atoms with van der Waals surface area (Å²) >= 11 is 0. The molecule has 2 aromatic rings. The minimum absolute atomic E-state index is 0.112. The van der Waals surface area contributed by atoms with Gasteiger partial charge >= 0.3 is 6.16 Å². The Labute approximate surface area is 109 Å². The average Bonchev–Trinajstić information content (AvgIpc) is 2.43. The van der Waals surface area contributed by atoms with Crippen molar-refractivity contribution in [3.63, 3.8) is 0 Å². The molecule has 0 aliphatic rings. The Hall–Kier alpha value is -2.70. The van der Waals surface area contributed by atoms with E-state index in [1.54, 1.807) is 12.4 Å². The second-order valence-electron chi connectivity index (χ2n) is 3.63. The number of nitrogen functional groups attached to an aromatic ring is 1. The van der Waals surface area contributed by atoms with Crippen molar-refractivity contribution in [2.24, 2.45) is 0 Å². The monoisotopic (exact) mass is 260 g/mol. The van der Waals surface area contributed by atoms with Crippen LogP contribution in [-0.2, 0) is 11.2 Å². The van der Waals surface area contributed by atoms with E-state index in [-0.39, 0.29) is 11.7 Å². The molecule has 0 fully saturated rings. The Morgan fingerprint density at radius 2 is 2.11 bits per heavy atom. The molecule has 19 heavy (non-hydrogen) atoms. The number of aromatic nitrogens is 3. The van der Waals surface area contributed by atoms with E-state index in [2.05, 4.69) is 19.7 Å². The zero-order valence-corrected chi connectivity index (χ0v) is 10.2. The third-order valence-corrected chi connectivity index (χ3v) is 2.33. The van der Waals surface area contributed by atoms with Crippen LogP contribution in [-0.4, -0.2) is 28.2 Å². The molecule has 2 heterocycles. The highest BCUT2D eigenvalue weighted by Gasteiger charge is 2.12. The fourth-order valence-corrected chi connectivity index (χ4v) is 1.46. The quantitative estimate of drug-likeness (QED) is 0.827. The standard InChI is InChI=1S/C12H12N4O3/c1-18-12(17)19-10-7-15-11(13)16-9(10)6-8-2-4-14-5-3-8/h2-5,7H,6H2,1H3,(H2,13,15,16). The van der Waals surface area contributed by atoms with Gasteiger partial charge < -0.3 is 15.2 Å². The van der Waals surface area contributed by atoms with Crippen molar-refractivity contribution in [3.8, 4) is 5.75 Å². The highest BCUT2D eigenvalue weighted by molar-refractivity contribution is 5.64. The van der Waals surface area contributed by atoms with Crippen molar-refractivity contribution in [1.82, 2.24) is 15.0 Å².